The summed E-state index contributed by atoms with van der Waals surface area (Å²) < 4.78 is 19.1. The van der Waals surface area contributed by atoms with E-state index in [-0.39, 0.29) is 12.3 Å². The quantitative estimate of drug-likeness (QED) is 0.425. The predicted octanol–water partition coefficient (Wildman–Crippen LogP) is 5.93. The van der Waals surface area contributed by atoms with Gasteiger partial charge in [0.05, 0.1) is 24.2 Å². The van der Waals surface area contributed by atoms with E-state index in [0.29, 0.717) is 18.0 Å². The van der Waals surface area contributed by atoms with Crippen molar-refractivity contribution in [2.45, 2.75) is 20.3 Å². The fraction of sp³-hybridized carbons (Fsp3) is 0.154. The van der Waals surface area contributed by atoms with Gasteiger partial charge in [0.15, 0.2) is 0 Å². The van der Waals surface area contributed by atoms with Crippen molar-refractivity contribution in [3.05, 3.63) is 89.9 Å². The molecule has 0 saturated carbocycles. The molecule has 5 heteroatoms. The van der Waals surface area contributed by atoms with Gasteiger partial charge >= 0.3 is 0 Å². The Morgan fingerprint density at radius 3 is 2.55 bits per heavy atom. The van der Waals surface area contributed by atoms with Crippen molar-refractivity contribution in [1.29, 1.82) is 0 Å². The molecule has 0 aliphatic carbocycles. The summed E-state index contributed by atoms with van der Waals surface area (Å²) in [6, 6.07) is 22.0. The van der Waals surface area contributed by atoms with Crippen molar-refractivity contribution >= 4 is 22.5 Å². The van der Waals surface area contributed by atoms with Crippen LogP contribution in [-0.4, -0.2) is 17.5 Å². The smallest absolute Gasteiger partial charge is 0.228 e. The van der Waals surface area contributed by atoms with Crippen LogP contribution in [-0.2, 0) is 11.2 Å². The molecule has 1 aromatic heterocycles. The lowest BCUT2D eigenvalue weighted by atomic mass is 9.92. The number of anilines is 1. The molecule has 0 radical (unpaired) electrons. The fourth-order valence-corrected chi connectivity index (χ4v) is 3.75. The summed E-state index contributed by atoms with van der Waals surface area (Å²) in [5, 5.41) is 3.87. The number of aryl methyl sites for hydroxylation is 1. The number of carbonyl (C=O) groups excluding carboxylic acids is 1. The van der Waals surface area contributed by atoms with E-state index < -0.39 is 5.82 Å². The van der Waals surface area contributed by atoms with Gasteiger partial charge in [-0.3, -0.25) is 9.78 Å². The number of nitrogens with one attached hydrogen (secondary N) is 1. The lowest BCUT2D eigenvalue weighted by Gasteiger charge is -2.17. The van der Waals surface area contributed by atoms with Gasteiger partial charge in [-0.05, 0) is 48.7 Å². The molecule has 0 saturated heterocycles. The molecule has 0 aliphatic rings. The summed E-state index contributed by atoms with van der Waals surface area (Å²) in [4.78, 5) is 17.7. The van der Waals surface area contributed by atoms with E-state index in [0.717, 1.165) is 33.3 Å². The van der Waals surface area contributed by atoms with Crippen LogP contribution in [0.4, 0.5) is 10.1 Å². The van der Waals surface area contributed by atoms with Gasteiger partial charge in [0.2, 0.25) is 5.91 Å². The maximum atomic E-state index is 13.6. The van der Waals surface area contributed by atoms with Crippen LogP contribution in [0.15, 0.2) is 72.8 Å². The summed E-state index contributed by atoms with van der Waals surface area (Å²) in [5.41, 5.74) is 5.03. The van der Waals surface area contributed by atoms with Gasteiger partial charge in [0.25, 0.3) is 0 Å². The van der Waals surface area contributed by atoms with Crippen LogP contribution in [0.3, 0.4) is 0 Å². The predicted molar refractivity (Wildman–Crippen MR) is 122 cm³/mol. The number of nitrogens with zero attached hydrogens (tertiary/aromatic N) is 1. The molecule has 4 nitrogen and oxygen atoms in total. The topological polar surface area (TPSA) is 51.2 Å². The van der Waals surface area contributed by atoms with Gasteiger partial charge < -0.3 is 10.1 Å². The molecule has 3 aromatic carbocycles. The Bertz CT molecular complexity index is 1240. The first-order chi connectivity index (χ1) is 15.1. The molecule has 156 valence electrons. The number of benzene rings is 3. The van der Waals surface area contributed by atoms with E-state index in [1.54, 1.807) is 0 Å². The van der Waals surface area contributed by atoms with E-state index in [9.17, 15) is 9.18 Å². The minimum Gasteiger partial charge on any atom is -0.492 e. The third-order valence-electron chi connectivity index (χ3n) is 5.12. The lowest BCUT2D eigenvalue weighted by molar-refractivity contribution is -0.115. The Morgan fingerprint density at radius 2 is 1.77 bits per heavy atom. The molecular formula is C26H23FN2O2. The molecule has 0 fully saturated rings. The third kappa shape index (κ3) is 4.40. The number of carbonyl (C=O) groups is 1. The van der Waals surface area contributed by atoms with E-state index in [1.165, 1.54) is 18.2 Å². The summed E-state index contributed by atoms with van der Waals surface area (Å²) in [6.45, 7) is 4.11. The lowest BCUT2D eigenvalue weighted by Crippen LogP contribution is -2.17. The van der Waals surface area contributed by atoms with Crippen molar-refractivity contribution in [2.24, 2.45) is 0 Å². The largest absolute Gasteiger partial charge is 0.492 e. The van der Waals surface area contributed by atoms with E-state index in [2.05, 4.69) is 5.32 Å². The van der Waals surface area contributed by atoms with Gasteiger partial charge in [-0.25, -0.2) is 4.39 Å². The average Bonchev–Trinajstić information content (AvgIpc) is 2.77. The van der Waals surface area contributed by atoms with E-state index in [4.69, 9.17) is 9.72 Å². The van der Waals surface area contributed by atoms with Crippen molar-refractivity contribution in [3.63, 3.8) is 0 Å². The number of halogens is 1. The van der Waals surface area contributed by atoms with Crippen molar-refractivity contribution in [2.75, 3.05) is 11.9 Å². The monoisotopic (exact) mass is 414 g/mol. The molecule has 0 aliphatic heterocycles. The minimum atomic E-state index is -0.414. The molecule has 1 amide bonds. The number of pyridine rings is 1. The zero-order valence-electron chi connectivity index (χ0n) is 17.5. The van der Waals surface area contributed by atoms with Crippen LogP contribution in [0, 0.1) is 12.7 Å². The highest BCUT2D eigenvalue weighted by molar-refractivity contribution is 6.00. The van der Waals surface area contributed by atoms with Crippen LogP contribution in [0.2, 0.25) is 0 Å². The van der Waals surface area contributed by atoms with Crippen LogP contribution in [0.25, 0.3) is 22.0 Å². The summed E-state index contributed by atoms with van der Waals surface area (Å²) in [5.74, 6) is -0.320. The first-order valence-corrected chi connectivity index (χ1v) is 10.2. The molecule has 4 rings (SSSR count). The Balaban J connectivity index is 1.74. The van der Waals surface area contributed by atoms with E-state index in [1.807, 2.05) is 68.4 Å². The molecule has 31 heavy (non-hydrogen) atoms. The summed E-state index contributed by atoms with van der Waals surface area (Å²) >= 11 is 0. The van der Waals surface area contributed by atoms with Crippen LogP contribution in [0.5, 0.6) is 5.75 Å². The highest BCUT2D eigenvalue weighted by atomic mass is 19.1. The minimum absolute atomic E-state index is 0.136. The molecule has 0 spiro atoms. The highest BCUT2D eigenvalue weighted by Gasteiger charge is 2.18. The molecule has 0 bridgehead atoms. The molecule has 4 aromatic rings. The number of rotatable bonds is 6. The van der Waals surface area contributed by atoms with Crippen LogP contribution in [0.1, 0.15) is 18.2 Å². The van der Waals surface area contributed by atoms with Crippen molar-refractivity contribution in [3.8, 4) is 16.9 Å². The standard InChI is InChI=1S/C26H23FN2O2/c1-3-31-24-15-19(27)13-14-23(24)29-25(30)16-21-17(2)28-22-12-8-7-11-20(22)26(21)18-9-5-4-6-10-18/h4-15H,3,16H2,1-2H3,(H,29,30). The van der Waals surface area contributed by atoms with Crippen molar-refractivity contribution < 1.29 is 13.9 Å². The maximum absolute atomic E-state index is 13.6. The number of hydrogen-bond donors (Lipinski definition) is 1. The summed E-state index contributed by atoms with van der Waals surface area (Å²) in [6.07, 6.45) is 0.136. The second-order valence-corrected chi connectivity index (χ2v) is 7.23. The first kappa shape index (κ1) is 20.5. The average molecular weight is 414 g/mol. The Kier molecular flexibility index (Phi) is 5.94. The number of ether oxygens (including phenoxy) is 1. The van der Waals surface area contributed by atoms with Gasteiger partial charge in [0, 0.05) is 17.1 Å². The number of hydrogen-bond acceptors (Lipinski definition) is 3. The van der Waals surface area contributed by atoms with Gasteiger partial charge in [0.1, 0.15) is 11.6 Å². The van der Waals surface area contributed by atoms with Gasteiger partial charge in [-0.1, -0.05) is 48.5 Å². The number of aromatic nitrogens is 1. The normalized spacial score (nSPS) is 10.8. The third-order valence-corrected chi connectivity index (χ3v) is 5.12. The second kappa shape index (κ2) is 8.96. The zero-order chi connectivity index (χ0) is 21.8. The SMILES string of the molecule is CCOc1cc(F)ccc1NC(=O)Cc1c(C)nc2ccccc2c1-c1ccccc1. The fourth-order valence-electron chi connectivity index (χ4n) is 3.75. The molecule has 1 N–H and O–H groups in total. The summed E-state index contributed by atoms with van der Waals surface area (Å²) in [7, 11) is 0. The number of para-hydroxylation sites is 1. The molecule has 0 unspecified atom stereocenters. The molecule has 1 heterocycles. The first-order valence-electron chi connectivity index (χ1n) is 10.2. The molecular weight excluding hydrogens is 391 g/mol. The maximum Gasteiger partial charge on any atom is 0.228 e. The van der Waals surface area contributed by atoms with Gasteiger partial charge in [-0.15, -0.1) is 0 Å². The highest BCUT2D eigenvalue weighted by Crippen LogP contribution is 2.34. The van der Waals surface area contributed by atoms with Crippen LogP contribution >= 0.6 is 0 Å². The van der Waals surface area contributed by atoms with Gasteiger partial charge in [-0.2, -0.15) is 0 Å². The Labute approximate surface area is 180 Å². The Hall–Kier alpha value is -3.73. The Morgan fingerprint density at radius 1 is 1.03 bits per heavy atom. The van der Waals surface area contributed by atoms with E-state index >= 15 is 0 Å². The van der Waals surface area contributed by atoms with Crippen molar-refractivity contribution in [1.82, 2.24) is 4.98 Å². The molecule has 0 atom stereocenters. The second-order valence-electron chi connectivity index (χ2n) is 7.23. The number of amides is 1. The zero-order valence-corrected chi connectivity index (χ0v) is 17.5. The number of fused-ring (bicyclic) bond motifs is 1. The van der Waals surface area contributed by atoms with Crippen LogP contribution < -0.4 is 10.1 Å².